The van der Waals surface area contributed by atoms with Crippen molar-refractivity contribution < 1.29 is 4.79 Å². The van der Waals surface area contributed by atoms with Crippen molar-refractivity contribution in [3.05, 3.63) is 47.0 Å². The summed E-state index contributed by atoms with van der Waals surface area (Å²) in [6, 6.07) is 4.40. The summed E-state index contributed by atoms with van der Waals surface area (Å²) in [5.74, 6) is 0.333. The second kappa shape index (κ2) is 7.35. The van der Waals surface area contributed by atoms with Crippen LogP contribution in [0.3, 0.4) is 0 Å². The van der Waals surface area contributed by atoms with Gasteiger partial charge in [0, 0.05) is 50.3 Å². The number of amides is 1. The molecule has 1 amide bonds. The first kappa shape index (κ1) is 17.6. The Bertz CT molecular complexity index is 717. The van der Waals surface area contributed by atoms with E-state index in [0.717, 1.165) is 43.1 Å². The molecule has 3 heterocycles. The lowest BCUT2D eigenvalue weighted by atomic mass is 10.0. The standard InChI is InChI=1S/C19H27N5O/c1-13(2)18-17(14(3)21-22-18)19(25)24-10-8-23(9-11-24)15(4)16-6-5-7-20-12-16/h5-7,12-13,15H,8-11H2,1-4H3,(H,21,22). The fraction of sp³-hybridized carbons (Fsp3) is 0.526. The van der Waals surface area contributed by atoms with Gasteiger partial charge in [-0.05, 0) is 31.4 Å². The minimum atomic E-state index is 0.101. The lowest BCUT2D eigenvalue weighted by Gasteiger charge is -2.38. The van der Waals surface area contributed by atoms with Crippen molar-refractivity contribution in [3.8, 4) is 0 Å². The molecule has 0 radical (unpaired) electrons. The molecule has 0 saturated carbocycles. The lowest BCUT2D eigenvalue weighted by molar-refractivity contribution is 0.0580. The van der Waals surface area contributed by atoms with Crippen LogP contribution in [0.2, 0.25) is 0 Å². The van der Waals surface area contributed by atoms with Gasteiger partial charge in [0.1, 0.15) is 0 Å². The Morgan fingerprint density at radius 1 is 1.20 bits per heavy atom. The minimum absolute atomic E-state index is 0.101. The van der Waals surface area contributed by atoms with E-state index in [1.165, 1.54) is 5.56 Å². The Morgan fingerprint density at radius 2 is 1.92 bits per heavy atom. The fourth-order valence-electron chi connectivity index (χ4n) is 3.44. The van der Waals surface area contributed by atoms with Gasteiger partial charge in [-0.1, -0.05) is 19.9 Å². The third-order valence-corrected chi connectivity index (χ3v) is 5.05. The van der Waals surface area contributed by atoms with Gasteiger partial charge in [-0.15, -0.1) is 0 Å². The first-order chi connectivity index (χ1) is 12.0. The van der Waals surface area contributed by atoms with Gasteiger partial charge in [0.2, 0.25) is 0 Å². The molecule has 134 valence electrons. The van der Waals surface area contributed by atoms with Gasteiger partial charge in [-0.3, -0.25) is 19.8 Å². The smallest absolute Gasteiger partial charge is 0.257 e. The molecular formula is C19H27N5O. The molecule has 0 spiro atoms. The Labute approximate surface area is 149 Å². The Hall–Kier alpha value is -2.21. The van der Waals surface area contributed by atoms with E-state index in [1.54, 1.807) is 6.20 Å². The number of hydrogen-bond donors (Lipinski definition) is 1. The number of carbonyl (C=O) groups excluding carboxylic acids is 1. The monoisotopic (exact) mass is 341 g/mol. The van der Waals surface area contributed by atoms with Crippen LogP contribution in [0, 0.1) is 6.92 Å². The van der Waals surface area contributed by atoms with Crippen LogP contribution in [0.5, 0.6) is 0 Å². The quantitative estimate of drug-likeness (QED) is 0.929. The minimum Gasteiger partial charge on any atom is -0.336 e. The first-order valence-electron chi connectivity index (χ1n) is 8.97. The van der Waals surface area contributed by atoms with Crippen molar-refractivity contribution in [2.24, 2.45) is 0 Å². The van der Waals surface area contributed by atoms with Crippen LogP contribution in [0.1, 0.15) is 60.0 Å². The van der Waals surface area contributed by atoms with Gasteiger partial charge in [0.05, 0.1) is 11.3 Å². The van der Waals surface area contributed by atoms with Crippen LogP contribution in [0.15, 0.2) is 24.5 Å². The van der Waals surface area contributed by atoms with Crippen LogP contribution in [0.25, 0.3) is 0 Å². The highest BCUT2D eigenvalue weighted by Crippen LogP contribution is 2.24. The van der Waals surface area contributed by atoms with Crippen molar-refractivity contribution in [2.75, 3.05) is 26.2 Å². The molecule has 6 nitrogen and oxygen atoms in total. The van der Waals surface area contributed by atoms with Crippen LogP contribution < -0.4 is 0 Å². The van der Waals surface area contributed by atoms with Crippen molar-refractivity contribution in [1.82, 2.24) is 25.0 Å². The maximum absolute atomic E-state index is 13.0. The highest BCUT2D eigenvalue weighted by molar-refractivity contribution is 5.96. The van der Waals surface area contributed by atoms with E-state index in [-0.39, 0.29) is 11.8 Å². The Kier molecular flexibility index (Phi) is 5.18. The summed E-state index contributed by atoms with van der Waals surface area (Å²) in [7, 11) is 0. The zero-order valence-corrected chi connectivity index (χ0v) is 15.5. The van der Waals surface area contributed by atoms with Crippen molar-refractivity contribution in [2.45, 2.75) is 39.7 Å². The Morgan fingerprint density at radius 3 is 2.52 bits per heavy atom. The molecule has 0 aliphatic carbocycles. The number of carbonyl (C=O) groups is 1. The van der Waals surface area contributed by atoms with E-state index < -0.39 is 0 Å². The van der Waals surface area contributed by atoms with Gasteiger partial charge >= 0.3 is 0 Å². The maximum Gasteiger partial charge on any atom is 0.257 e. The van der Waals surface area contributed by atoms with Crippen LogP contribution in [-0.4, -0.2) is 57.1 Å². The summed E-state index contributed by atoms with van der Waals surface area (Å²) in [5.41, 5.74) is 3.70. The molecule has 2 aromatic rings. The number of aromatic amines is 1. The first-order valence-corrected chi connectivity index (χ1v) is 8.97. The van der Waals surface area contributed by atoms with Crippen molar-refractivity contribution >= 4 is 5.91 Å². The van der Waals surface area contributed by atoms with Gasteiger partial charge in [0.25, 0.3) is 5.91 Å². The second-order valence-corrected chi connectivity index (χ2v) is 7.05. The highest BCUT2D eigenvalue weighted by Gasteiger charge is 2.29. The molecule has 6 heteroatoms. The average molecular weight is 341 g/mol. The van der Waals surface area contributed by atoms with Gasteiger partial charge in [0.15, 0.2) is 0 Å². The average Bonchev–Trinajstić information content (AvgIpc) is 3.03. The molecule has 1 aliphatic heterocycles. The van der Waals surface area contributed by atoms with E-state index >= 15 is 0 Å². The number of piperazine rings is 1. The number of hydrogen-bond acceptors (Lipinski definition) is 4. The zero-order valence-electron chi connectivity index (χ0n) is 15.5. The third-order valence-electron chi connectivity index (χ3n) is 5.05. The molecule has 0 bridgehead atoms. The van der Waals surface area contributed by atoms with Crippen molar-refractivity contribution in [3.63, 3.8) is 0 Å². The summed E-state index contributed by atoms with van der Waals surface area (Å²) in [4.78, 5) is 21.6. The fourth-order valence-corrected chi connectivity index (χ4v) is 3.44. The maximum atomic E-state index is 13.0. The molecule has 1 atom stereocenters. The molecule has 1 N–H and O–H groups in total. The van der Waals surface area contributed by atoms with Crippen LogP contribution >= 0.6 is 0 Å². The number of pyridine rings is 1. The summed E-state index contributed by atoms with van der Waals surface area (Å²) >= 11 is 0. The highest BCUT2D eigenvalue weighted by atomic mass is 16.2. The molecule has 1 aliphatic rings. The number of H-pyrrole nitrogens is 1. The van der Waals surface area contributed by atoms with E-state index in [1.807, 2.05) is 24.1 Å². The van der Waals surface area contributed by atoms with E-state index in [0.29, 0.717) is 6.04 Å². The van der Waals surface area contributed by atoms with Gasteiger partial charge in [-0.25, -0.2) is 0 Å². The molecule has 2 aromatic heterocycles. The van der Waals surface area contributed by atoms with Crippen molar-refractivity contribution in [1.29, 1.82) is 0 Å². The summed E-state index contributed by atoms with van der Waals surface area (Å²) in [6.45, 7) is 11.5. The number of rotatable bonds is 4. The predicted molar refractivity (Wildman–Crippen MR) is 97.5 cm³/mol. The van der Waals surface area contributed by atoms with Gasteiger partial charge < -0.3 is 4.90 Å². The van der Waals surface area contributed by atoms with Gasteiger partial charge in [-0.2, -0.15) is 5.10 Å². The zero-order chi connectivity index (χ0) is 18.0. The SMILES string of the molecule is Cc1[nH]nc(C(C)C)c1C(=O)N1CCN(C(C)c2cccnc2)CC1. The molecule has 1 unspecified atom stereocenters. The van der Waals surface area contributed by atoms with E-state index in [9.17, 15) is 4.79 Å². The number of aromatic nitrogens is 3. The predicted octanol–water partition coefficient (Wildman–Crippen LogP) is 2.76. The summed E-state index contributed by atoms with van der Waals surface area (Å²) < 4.78 is 0. The molecule has 1 fully saturated rings. The molecular weight excluding hydrogens is 314 g/mol. The number of nitrogens with zero attached hydrogens (tertiary/aromatic N) is 4. The topological polar surface area (TPSA) is 65.1 Å². The van der Waals surface area contributed by atoms with E-state index in [4.69, 9.17) is 0 Å². The lowest BCUT2D eigenvalue weighted by Crippen LogP contribution is -2.49. The van der Waals surface area contributed by atoms with Crippen LogP contribution in [0.4, 0.5) is 0 Å². The largest absolute Gasteiger partial charge is 0.336 e. The molecule has 25 heavy (non-hydrogen) atoms. The van der Waals surface area contributed by atoms with E-state index in [2.05, 4.69) is 46.9 Å². The Balaban J connectivity index is 1.66. The third kappa shape index (κ3) is 3.58. The summed E-state index contributed by atoms with van der Waals surface area (Å²) in [5, 5.41) is 7.30. The van der Waals surface area contributed by atoms with Crippen LogP contribution in [-0.2, 0) is 0 Å². The number of aryl methyl sites for hydroxylation is 1. The molecule has 0 aromatic carbocycles. The second-order valence-electron chi connectivity index (χ2n) is 7.05. The molecule has 3 rings (SSSR count). The number of nitrogens with one attached hydrogen (secondary N) is 1. The summed E-state index contributed by atoms with van der Waals surface area (Å²) in [6.07, 6.45) is 3.72. The molecule has 1 saturated heterocycles. The normalized spacial score (nSPS) is 17.1.